The maximum atomic E-state index is 11.6. The van der Waals surface area contributed by atoms with E-state index in [1.165, 1.54) is 10.6 Å². The van der Waals surface area contributed by atoms with Gasteiger partial charge in [0, 0.05) is 12.2 Å². The molecule has 0 bridgehead atoms. The first-order valence-electron chi connectivity index (χ1n) is 6.37. The van der Waals surface area contributed by atoms with Crippen LogP contribution in [0.4, 0.5) is 0 Å². The van der Waals surface area contributed by atoms with E-state index in [1.54, 1.807) is 23.1 Å². The molecule has 1 N–H and O–H groups in total. The maximum Gasteiger partial charge on any atom is 0.306 e. The Morgan fingerprint density at radius 1 is 1.61 bits per heavy atom. The molecular formula is C13H19NO2S2. The molecule has 0 radical (unpaired) electrons. The van der Waals surface area contributed by atoms with Crippen LogP contribution in [0, 0.1) is 5.92 Å². The number of esters is 1. The molecule has 1 atom stereocenters. The van der Waals surface area contributed by atoms with Crippen molar-refractivity contribution in [3.63, 3.8) is 0 Å². The Labute approximate surface area is 116 Å². The van der Waals surface area contributed by atoms with E-state index >= 15 is 0 Å². The van der Waals surface area contributed by atoms with Crippen molar-refractivity contribution in [2.24, 2.45) is 5.92 Å². The molecule has 1 aromatic rings. The summed E-state index contributed by atoms with van der Waals surface area (Å²) in [5, 5.41) is 5.38. The van der Waals surface area contributed by atoms with Gasteiger partial charge in [0.1, 0.15) is 6.61 Å². The number of thiophene rings is 1. The lowest BCUT2D eigenvalue weighted by Crippen LogP contribution is -2.31. The van der Waals surface area contributed by atoms with Crippen LogP contribution < -0.4 is 5.32 Å². The number of rotatable bonds is 6. The molecule has 5 heteroatoms. The van der Waals surface area contributed by atoms with E-state index in [2.05, 4.69) is 16.8 Å². The van der Waals surface area contributed by atoms with Gasteiger partial charge < -0.3 is 10.1 Å². The summed E-state index contributed by atoms with van der Waals surface area (Å²) < 4.78 is 6.54. The third-order valence-corrected chi connectivity index (χ3v) is 5.04. The predicted octanol–water partition coefficient (Wildman–Crippen LogP) is 2.77. The van der Waals surface area contributed by atoms with E-state index in [0.717, 1.165) is 25.3 Å². The highest BCUT2D eigenvalue weighted by Crippen LogP contribution is 2.23. The van der Waals surface area contributed by atoms with Crippen LogP contribution in [0.15, 0.2) is 21.7 Å². The molecule has 100 valence electrons. The monoisotopic (exact) mass is 285 g/mol. The van der Waals surface area contributed by atoms with Crippen molar-refractivity contribution in [2.45, 2.75) is 23.5 Å². The summed E-state index contributed by atoms with van der Waals surface area (Å²) in [5.74, 6) is 1.27. The fourth-order valence-electron chi connectivity index (χ4n) is 2.04. The summed E-state index contributed by atoms with van der Waals surface area (Å²) in [6, 6.07) is 4.12. The van der Waals surface area contributed by atoms with Gasteiger partial charge in [-0.15, -0.1) is 23.1 Å². The molecular weight excluding hydrogens is 266 g/mol. The van der Waals surface area contributed by atoms with Gasteiger partial charge in [-0.3, -0.25) is 4.79 Å². The smallest absolute Gasteiger partial charge is 0.306 e. The quantitative estimate of drug-likeness (QED) is 0.495. The lowest BCUT2D eigenvalue weighted by molar-refractivity contribution is -0.144. The Morgan fingerprint density at radius 2 is 2.56 bits per heavy atom. The Kier molecular flexibility index (Phi) is 6.04. The third kappa shape index (κ3) is 5.00. The Balaban J connectivity index is 1.54. The Bertz CT molecular complexity index is 348. The topological polar surface area (TPSA) is 38.3 Å². The van der Waals surface area contributed by atoms with Gasteiger partial charge in [0.2, 0.25) is 0 Å². The fourth-order valence-corrected chi connectivity index (χ4v) is 3.72. The number of hydrogen-bond donors (Lipinski definition) is 1. The predicted molar refractivity (Wildman–Crippen MR) is 76.2 cm³/mol. The summed E-state index contributed by atoms with van der Waals surface area (Å²) in [4.78, 5) is 11.6. The van der Waals surface area contributed by atoms with Crippen LogP contribution >= 0.6 is 23.1 Å². The van der Waals surface area contributed by atoms with Crippen LogP contribution in [0.1, 0.15) is 19.3 Å². The second kappa shape index (κ2) is 7.81. The second-order valence-corrected chi connectivity index (χ2v) is 6.76. The molecule has 1 saturated heterocycles. The standard InChI is InChI=1S/C13H19NO2S2/c15-12(9-11-3-1-5-14-10-11)16-6-8-18-13-4-2-7-17-13/h2,4,7,11,14H,1,3,5-6,8-10H2. The highest BCUT2D eigenvalue weighted by Gasteiger charge is 2.17. The molecule has 1 aromatic heterocycles. The summed E-state index contributed by atoms with van der Waals surface area (Å²) in [6.07, 6.45) is 2.88. The van der Waals surface area contributed by atoms with Gasteiger partial charge in [-0.05, 0) is 43.3 Å². The van der Waals surface area contributed by atoms with E-state index in [1.807, 2.05) is 6.07 Å². The van der Waals surface area contributed by atoms with Crippen LogP contribution in [-0.2, 0) is 9.53 Å². The van der Waals surface area contributed by atoms with Crippen molar-refractivity contribution in [2.75, 3.05) is 25.4 Å². The van der Waals surface area contributed by atoms with Crippen LogP contribution in [0.2, 0.25) is 0 Å². The lowest BCUT2D eigenvalue weighted by Gasteiger charge is -2.21. The zero-order chi connectivity index (χ0) is 12.6. The molecule has 2 rings (SSSR count). The Morgan fingerprint density at radius 3 is 3.28 bits per heavy atom. The van der Waals surface area contributed by atoms with E-state index in [9.17, 15) is 4.79 Å². The number of hydrogen-bond acceptors (Lipinski definition) is 5. The molecule has 0 saturated carbocycles. The van der Waals surface area contributed by atoms with Crippen molar-refractivity contribution in [3.05, 3.63) is 17.5 Å². The minimum absolute atomic E-state index is 0.0459. The van der Waals surface area contributed by atoms with E-state index in [-0.39, 0.29) is 5.97 Å². The molecule has 18 heavy (non-hydrogen) atoms. The largest absolute Gasteiger partial charge is 0.465 e. The van der Waals surface area contributed by atoms with Crippen molar-refractivity contribution in [1.82, 2.24) is 5.32 Å². The number of carbonyl (C=O) groups excluding carboxylic acids is 1. The zero-order valence-corrected chi connectivity index (χ0v) is 12.0. The van der Waals surface area contributed by atoms with Crippen molar-refractivity contribution in [3.8, 4) is 0 Å². The van der Waals surface area contributed by atoms with Crippen LogP contribution in [0.3, 0.4) is 0 Å². The first-order valence-corrected chi connectivity index (χ1v) is 8.24. The van der Waals surface area contributed by atoms with Gasteiger partial charge in [-0.1, -0.05) is 6.07 Å². The number of carbonyl (C=O) groups is 1. The molecule has 1 fully saturated rings. The van der Waals surface area contributed by atoms with E-state index in [4.69, 9.17) is 4.74 Å². The highest BCUT2D eigenvalue weighted by molar-refractivity contribution is 8.01. The van der Waals surface area contributed by atoms with E-state index < -0.39 is 0 Å². The minimum Gasteiger partial charge on any atom is -0.465 e. The summed E-state index contributed by atoms with van der Waals surface area (Å²) in [7, 11) is 0. The normalized spacial score (nSPS) is 19.7. The van der Waals surface area contributed by atoms with Crippen LogP contribution in [0.5, 0.6) is 0 Å². The number of nitrogens with one attached hydrogen (secondary N) is 1. The molecule has 0 aliphatic carbocycles. The van der Waals surface area contributed by atoms with Gasteiger partial charge in [0.25, 0.3) is 0 Å². The van der Waals surface area contributed by atoms with Crippen molar-refractivity contribution < 1.29 is 9.53 Å². The Hall–Kier alpha value is -0.520. The molecule has 3 nitrogen and oxygen atoms in total. The average molecular weight is 285 g/mol. The van der Waals surface area contributed by atoms with Gasteiger partial charge in [0.15, 0.2) is 0 Å². The van der Waals surface area contributed by atoms with Gasteiger partial charge in [-0.25, -0.2) is 0 Å². The summed E-state index contributed by atoms with van der Waals surface area (Å²) in [6.45, 7) is 2.56. The average Bonchev–Trinajstić information content (AvgIpc) is 2.89. The molecule has 2 heterocycles. The zero-order valence-electron chi connectivity index (χ0n) is 10.4. The molecule has 1 aliphatic heterocycles. The first kappa shape index (κ1) is 13.9. The summed E-state index contributed by atoms with van der Waals surface area (Å²) in [5.41, 5.74) is 0. The highest BCUT2D eigenvalue weighted by atomic mass is 32.2. The number of thioether (sulfide) groups is 1. The first-order chi connectivity index (χ1) is 8.84. The third-order valence-electron chi connectivity index (χ3n) is 2.94. The second-order valence-electron chi connectivity index (χ2n) is 4.42. The fraction of sp³-hybridized carbons (Fsp3) is 0.615. The molecule has 1 aliphatic rings. The lowest BCUT2D eigenvalue weighted by atomic mass is 9.96. The molecule has 0 aromatic carbocycles. The molecule has 0 spiro atoms. The number of piperidine rings is 1. The van der Waals surface area contributed by atoms with Crippen LogP contribution in [-0.4, -0.2) is 31.4 Å². The molecule has 0 amide bonds. The number of ether oxygens (including phenoxy) is 1. The molecule has 1 unspecified atom stereocenters. The summed E-state index contributed by atoms with van der Waals surface area (Å²) >= 11 is 3.47. The minimum atomic E-state index is -0.0459. The van der Waals surface area contributed by atoms with Crippen LogP contribution in [0.25, 0.3) is 0 Å². The van der Waals surface area contributed by atoms with Gasteiger partial charge >= 0.3 is 5.97 Å². The SMILES string of the molecule is O=C(CC1CCCNC1)OCCSc1cccs1. The van der Waals surface area contributed by atoms with Gasteiger partial charge in [-0.2, -0.15) is 0 Å². The van der Waals surface area contributed by atoms with Crippen molar-refractivity contribution >= 4 is 29.1 Å². The maximum absolute atomic E-state index is 11.6. The van der Waals surface area contributed by atoms with E-state index in [0.29, 0.717) is 18.9 Å². The van der Waals surface area contributed by atoms with Gasteiger partial charge in [0.05, 0.1) is 4.21 Å². The van der Waals surface area contributed by atoms with Crippen molar-refractivity contribution in [1.29, 1.82) is 0 Å².